The number of aliphatic imine (C=N–C) groups is 1. The second-order valence-corrected chi connectivity index (χ2v) is 9.75. The van der Waals surface area contributed by atoms with Crippen LogP contribution in [0.15, 0.2) is 23.7 Å². The van der Waals surface area contributed by atoms with Crippen LogP contribution in [-0.4, -0.2) is 61.8 Å². The van der Waals surface area contributed by atoms with E-state index >= 15 is 0 Å². The van der Waals surface area contributed by atoms with Gasteiger partial charge in [-0.1, -0.05) is 6.92 Å². The minimum Gasteiger partial charge on any atom is -0.355 e. The van der Waals surface area contributed by atoms with E-state index in [0.717, 1.165) is 25.5 Å². The molecule has 136 valence electrons. The average molecular weight is 354 g/mol. The molecule has 1 aromatic heterocycles. The standard InChI is InChI=1S/C17H31N5OS/c1-14-6-9-21(12-15(14)22-10-7-19-13-22)16(18-5)20-8-11-24(23)17(2,3)4/h7,10,13-15H,6,8-9,11-12H2,1-5H3,(H,18,20). The molecule has 7 heteroatoms. The number of hydrogen-bond acceptors (Lipinski definition) is 3. The summed E-state index contributed by atoms with van der Waals surface area (Å²) < 4.78 is 14.2. The van der Waals surface area contributed by atoms with Gasteiger partial charge < -0.3 is 14.8 Å². The maximum Gasteiger partial charge on any atom is 0.193 e. The van der Waals surface area contributed by atoms with E-state index in [1.54, 1.807) is 0 Å². The van der Waals surface area contributed by atoms with Crippen molar-refractivity contribution in [1.82, 2.24) is 19.8 Å². The van der Waals surface area contributed by atoms with E-state index in [2.05, 4.69) is 31.7 Å². The van der Waals surface area contributed by atoms with E-state index in [9.17, 15) is 4.21 Å². The molecule has 1 aromatic rings. The van der Waals surface area contributed by atoms with Crippen LogP contribution in [0.2, 0.25) is 0 Å². The molecular formula is C17H31N5OS. The van der Waals surface area contributed by atoms with E-state index in [-0.39, 0.29) is 4.75 Å². The predicted octanol–water partition coefficient (Wildman–Crippen LogP) is 1.89. The molecular weight excluding hydrogens is 322 g/mol. The quantitative estimate of drug-likeness (QED) is 0.663. The lowest BCUT2D eigenvalue weighted by atomic mass is 9.93. The van der Waals surface area contributed by atoms with Gasteiger partial charge in [0.05, 0.1) is 12.4 Å². The summed E-state index contributed by atoms with van der Waals surface area (Å²) in [5, 5.41) is 3.38. The molecule has 0 spiro atoms. The van der Waals surface area contributed by atoms with Gasteiger partial charge in [0.2, 0.25) is 0 Å². The Hall–Kier alpha value is -1.37. The lowest BCUT2D eigenvalue weighted by Crippen LogP contribution is -2.49. The topological polar surface area (TPSA) is 62.5 Å². The fraction of sp³-hybridized carbons (Fsp3) is 0.765. The first-order valence-electron chi connectivity index (χ1n) is 8.64. The van der Waals surface area contributed by atoms with Crippen molar-refractivity contribution in [3.63, 3.8) is 0 Å². The van der Waals surface area contributed by atoms with E-state index in [0.29, 0.717) is 24.3 Å². The molecule has 0 amide bonds. The number of aromatic nitrogens is 2. The molecule has 1 N–H and O–H groups in total. The normalized spacial score (nSPS) is 24.0. The molecule has 1 fully saturated rings. The average Bonchev–Trinajstić information content (AvgIpc) is 3.05. The molecule has 6 nitrogen and oxygen atoms in total. The minimum absolute atomic E-state index is 0.168. The fourth-order valence-electron chi connectivity index (χ4n) is 2.99. The van der Waals surface area contributed by atoms with Crippen molar-refractivity contribution in [3.05, 3.63) is 18.7 Å². The van der Waals surface area contributed by atoms with Crippen LogP contribution in [0.25, 0.3) is 0 Å². The van der Waals surface area contributed by atoms with Crippen molar-refractivity contribution in [2.24, 2.45) is 10.9 Å². The maximum absolute atomic E-state index is 12.2. The molecule has 2 heterocycles. The number of imidazole rings is 1. The van der Waals surface area contributed by atoms with Crippen LogP contribution in [0.5, 0.6) is 0 Å². The molecule has 1 aliphatic rings. The zero-order valence-corrected chi connectivity index (χ0v) is 16.3. The van der Waals surface area contributed by atoms with Gasteiger partial charge in [-0.3, -0.25) is 9.20 Å². The highest BCUT2D eigenvalue weighted by Gasteiger charge is 2.29. The smallest absolute Gasteiger partial charge is 0.193 e. The number of nitrogens with zero attached hydrogens (tertiary/aromatic N) is 4. The van der Waals surface area contributed by atoms with Gasteiger partial charge in [0, 0.05) is 60.4 Å². The minimum atomic E-state index is -0.846. The van der Waals surface area contributed by atoms with E-state index < -0.39 is 10.8 Å². The van der Waals surface area contributed by atoms with Crippen LogP contribution in [0, 0.1) is 5.92 Å². The molecule has 3 unspecified atom stereocenters. The molecule has 2 rings (SSSR count). The molecule has 0 radical (unpaired) electrons. The summed E-state index contributed by atoms with van der Waals surface area (Å²) in [6, 6.07) is 0.406. The third-order valence-electron chi connectivity index (χ3n) is 4.59. The Bertz CT molecular complexity index is 564. The third kappa shape index (κ3) is 4.82. The molecule has 0 saturated carbocycles. The Balaban J connectivity index is 1.92. The fourth-order valence-corrected chi connectivity index (χ4v) is 3.89. The van der Waals surface area contributed by atoms with Crippen LogP contribution < -0.4 is 5.32 Å². The van der Waals surface area contributed by atoms with Crippen molar-refractivity contribution in [3.8, 4) is 0 Å². The van der Waals surface area contributed by atoms with E-state index in [1.165, 1.54) is 0 Å². The van der Waals surface area contributed by atoms with Crippen LogP contribution in [0.3, 0.4) is 0 Å². The number of guanidine groups is 1. The Kier molecular flexibility index (Phi) is 6.43. The van der Waals surface area contributed by atoms with Gasteiger partial charge in [-0.2, -0.15) is 0 Å². The number of hydrogen-bond donors (Lipinski definition) is 1. The number of likely N-dealkylation sites (tertiary alicyclic amines) is 1. The van der Waals surface area contributed by atoms with E-state index in [4.69, 9.17) is 0 Å². The maximum atomic E-state index is 12.2. The Morgan fingerprint density at radius 2 is 2.21 bits per heavy atom. The van der Waals surface area contributed by atoms with Crippen LogP contribution >= 0.6 is 0 Å². The highest BCUT2D eigenvalue weighted by molar-refractivity contribution is 7.86. The van der Waals surface area contributed by atoms with Gasteiger partial charge in [0.25, 0.3) is 0 Å². The largest absolute Gasteiger partial charge is 0.355 e. The molecule has 1 aliphatic heterocycles. The van der Waals surface area contributed by atoms with Crippen LogP contribution in [0.1, 0.15) is 40.2 Å². The highest BCUT2D eigenvalue weighted by Crippen LogP contribution is 2.27. The number of rotatable bonds is 4. The lowest BCUT2D eigenvalue weighted by molar-refractivity contribution is 0.189. The Morgan fingerprint density at radius 3 is 2.79 bits per heavy atom. The molecule has 0 bridgehead atoms. The van der Waals surface area contributed by atoms with Gasteiger partial charge in [-0.25, -0.2) is 4.98 Å². The summed E-state index contributed by atoms with van der Waals surface area (Å²) >= 11 is 0. The first-order chi connectivity index (χ1) is 11.3. The predicted molar refractivity (Wildman–Crippen MR) is 101 cm³/mol. The SMILES string of the molecule is CN=C(NCCS(=O)C(C)(C)C)N1CCC(C)C(n2ccnc2)C1. The second-order valence-electron chi connectivity index (χ2n) is 7.43. The van der Waals surface area contributed by atoms with E-state index in [1.807, 2.05) is 46.5 Å². The first kappa shape index (κ1) is 19.0. The summed E-state index contributed by atoms with van der Waals surface area (Å²) in [5.74, 6) is 2.15. The summed E-state index contributed by atoms with van der Waals surface area (Å²) in [4.78, 5) is 10.9. The van der Waals surface area contributed by atoms with Crippen molar-refractivity contribution >= 4 is 16.8 Å². The van der Waals surface area contributed by atoms with Gasteiger partial charge in [0.1, 0.15) is 0 Å². The monoisotopic (exact) mass is 353 g/mol. The van der Waals surface area contributed by atoms with Crippen molar-refractivity contribution in [2.75, 3.05) is 32.4 Å². The summed E-state index contributed by atoms with van der Waals surface area (Å²) in [5.41, 5.74) is 0. The van der Waals surface area contributed by atoms with Crippen molar-refractivity contribution < 1.29 is 4.21 Å². The zero-order valence-electron chi connectivity index (χ0n) is 15.5. The zero-order chi connectivity index (χ0) is 17.7. The number of nitrogens with one attached hydrogen (secondary N) is 1. The molecule has 3 atom stereocenters. The first-order valence-corrected chi connectivity index (χ1v) is 9.96. The highest BCUT2D eigenvalue weighted by atomic mass is 32.2. The van der Waals surface area contributed by atoms with Gasteiger partial charge in [-0.15, -0.1) is 0 Å². The van der Waals surface area contributed by atoms with Crippen molar-refractivity contribution in [2.45, 2.75) is 44.9 Å². The lowest BCUT2D eigenvalue weighted by Gasteiger charge is -2.39. The summed E-state index contributed by atoms with van der Waals surface area (Å²) in [7, 11) is 0.967. The molecule has 1 saturated heterocycles. The van der Waals surface area contributed by atoms with Gasteiger partial charge >= 0.3 is 0 Å². The summed E-state index contributed by atoms with van der Waals surface area (Å²) in [6.45, 7) is 10.9. The Morgan fingerprint density at radius 1 is 1.46 bits per heavy atom. The van der Waals surface area contributed by atoms with Gasteiger partial charge in [0.15, 0.2) is 5.96 Å². The Labute approximate surface area is 148 Å². The van der Waals surface area contributed by atoms with Crippen LogP contribution in [0.4, 0.5) is 0 Å². The molecule has 0 aromatic carbocycles. The van der Waals surface area contributed by atoms with Crippen LogP contribution in [-0.2, 0) is 10.8 Å². The summed E-state index contributed by atoms with van der Waals surface area (Å²) in [6.07, 6.45) is 6.89. The molecule has 24 heavy (non-hydrogen) atoms. The van der Waals surface area contributed by atoms with Crippen molar-refractivity contribution in [1.29, 1.82) is 0 Å². The van der Waals surface area contributed by atoms with Gasteiger partial charge in [-0.05, 0) is 33.1 Å². The second kappa shape index (κ2) is 8.14. The third-order valence-corrected chi connectivity index (χ3v) is 6.53. The molecule has 0 aliphatic carbocycles. The number of piperidine rings is 1.